The SMILES string of the molecule is CCNC(Cc1ccc(Br)s1)C1SCCSC1CC. The summed E-state index contributed by atoms with van der Waals surface area (Å²) in [4.78, 5) is 1.49. The molecule has 0 bridgehead atoms. The number of rotatable bonds is 6. The van der Waals surface area contributed by atoms with Crippen molar-refractivity contribution in [3.8, 4) is 0 Å². The summed E-state index contributed by atoms with van der Waals surface area (Å²) in [6.45, 7) is 5.62. The highest BCUT2D eigenvalue weighted by Crippen LogP contribution is 2.36. The quantitative estimate of drug-likeness (QED) is 0.771. The summed E-state index contributed by atoms with van der Waals surface area (Å²) in [6.07, 6.45) is 2.46. The third kappa shape index (κ3) is 4.67. The number of thiophene rings is 1. The normalized spacial score (nSPS) is 25.4. The number of likely N-dealkylation sites (N-methyl/N-ethyl adjacent to an activating group) is 1. The maximum atomic E-state index is 3.73. The molecular formula is C14H22BrNS3. The number of nitrogens with one attached hydrogen (secondary N) is 1. The molecule has 3 atom stereocenters. The summed E-state index contributed by atoms with van der Waals surface area (Å²) >= 11 is 9.80. The lowest BCUT2D eigenvalue weighted by atomic mass is 10.0. The Balaban J connectivity index is 2.05. The van der Waals surface area contributed by atoms with Gasteiger partial charge in [-0.3, -0.25) is 0 Å². The highest BCUT2D eigenvalue weighted by Gasteiger charge is 2.31. The Morgan fingerprint density at radius 2 is 2.11 bits per heavy atom. The molecule has 1 aromatic rings. The van der Waals surface area contributed by atoms with Gasteiger partial charge in [-0.15, -0.1) is 11.3 Å². The number of halogens is 1. The second-order valence-corrected chi connectivity index (χ2v) is 9.91. The zero-order valence-corrected chi connectivity index (χ0v) is 15.6. The maximum Gasteiger partial charge on any atom is 0.0701 e. The Hall–Kier alpha value is 0.840. The van der Waals surface area contributed by atoms with Gasteiger partial charge in [-0.05, 0) is 47.4 Å². The molecule has 0 aliphatic carbocycles. The van der Waals surface area contributed by atoms with Crippen molar-refractivity contribution in [3.63, 3.8) is 0 Å². The Labute approximate surface area is 137 Å². The largest absolute Gasteiger partial charge is 0.313 e. The van der Waals surface area contributed by atoms with Crippen molar-refractivity contribution in [1.82, 2.24) is 5.32 Å². The topological polar surface area (TPSA) is 12.0 Å². The number of thioether (sulfide) groups is 2. The Morgan fingerprint density at radius 1 is 1.32 bits per heavy atom. The van der Waals surface area contributed by atoms with Crippen molar-refractivity contribution < 1.29 is 0 Å². The van der Waals surface area contributed by atoms with Crippen LogP contribution in [-0.4, -0.2) is 34.6 Å². The number of hydrogen-bond donors (Lipinski definition) is 1. The molecular weight excluding hydrogens is 358 g/mol. The third-order valence-corrected chi connectivity index (χ3v) is 8.46. The van der Waals surface area contributed by atoms with Crippen LogP contribution in [0.15, 0.2) is 15.9 Å². The van der Waals surface area contributed by atoms with Gasteiger partial charge in [0.2, 0.25) is 0 Å². The van der Waals surface area contributed by atoms with Crippen molar-refractivity contribution in [2.24, 2.45) is 0 Å². The van der Waals surface area contributed by atoms with E-state index in [-0.39, 0.29) is 0 Å². The highest BCUT2D eigenvalue weighted by molar-refractivity contribution is 9.11. The van der Waals surface area contributed by atoms with E-state index in [1.54, 1.807) is 0 Å². The molecule has 2 heterocycles. The minimum absolute atomic E-state index is 0.610. The molecule has 1 aromatic heterocycles. The van der Waals surface area contributed by atoms with Gasteiger partial charge in [0.1, 0.15) is 0 Å². The third-order valence-electron chi connectivity index (χ3n) is 3.41. The van der Waals surface area contributed by atoms with Crippen LogP contribution in [0, 0.1) is 0 Å². The molecule has 1 fully saturated rings. The van der Waals surface area contributed by atoms with Gasteiger partial charge in [0.05, 0.1) is 3.79 Å². The Morgan fingerprint density at radius 3 is 2.74 bits per heavy atom. The first-order chi connectivity index (χ1) is 9.24. The predicted octanol–water partition coefficient (Wildman–Crippen LogP) is 4.66. The van der Waals surface area contributed by atoms with Crippen LogP contribution in [0.1, 0.15) is 25.1 Å². The Bertz CT molecular complexity index is 383. The van der Waals surface area contributed by atoms with Crippen molar-refractivity contribution in [2.45, 2.75) is 43.2 Å². The minimum atomic E-state index is 0.610. The predicted molar refractivity (Wildman–Crippen MR) is 96.0 cm³/mol. The van der Waals surface area contributed by atoms with E-state index in [0.29, 0.717) is 6.04 Å². The van der Waals surface area contributed by atoms with Gasteiger partial charge in [-0.25, -0.2) is 0 Å². The van der Waals surface area contributed by atoms with Crippen LogP contribution >= 0.6 is 50.8 Å². The molecule has 1 aliphatic rings. The van der Waals surface area contributed by atoms with Gasteiger partial charge in [0.15, 0.2) is 0 Å². The van der Waals surface area contributed by atoms with Gasteiger partial charge < -0.3 is 5.32 Å². The Kier molecular flexibility index (Phi) is 7.10. The van der Waals surface area contributed by atoms with E-state index in [2.05, 4.69) is 70.8 Å². The van der Waals surface area contributed by atoms with E-state index in [9.17, 15) is 0 Å². The molecule has 5 heteroatoms. The first kappa shape index (κ1) is 16.2. The minimum Gasteiger partial charge on any atom is -0.313 e. The summed E-state index contributed by atoms with van der Waals surface area (Å²) in [5, 5.41) is 5.30. The van der Waals surface area contributed by atoms with Crippen LogP contribution in [0.4, 0.5) is 0 Å². The second kappa shape index (κ2) is 8.32. The lowest BCUT2D eigenvalue weighted by Gasteiger charge is -2.36. The molecule has 19 heavy (non-hydrogen) atoms. The molecule has 108 valence electrons. The van der Waals surface area contributed by atoms with E-state index >= 15 is 0 Å². The standard InChI is InChI=1S/C14H22BrNS3/c1-3-12-14(18-8-7-17-12)11(16-4-2)9-10-5-6-13(15)19-10/h5-6,11-12,14,16H,3-4,7-9H2,1-2H3. The van der Waals surface area contributed by atoms with E-state index in [1.807, 2.05) is 11.3 Å². The van der Waals surface area contributed by atoms with Crippen LogP contribution < -0.4 is 5.32 Å². The molecule has 1 N–H and O–H groups in total. The van der Waals surface area contributed by atoms with Crippen molar-refractivity contribution >= 4 is 50.8 Å². The fraction of sp³-hybridized carbons (Fsp3) is 0.714. The maximum absolute atomic E-state index is 3.73. The average molecular weight is 380 g/mol. The summed E-state index contributed by atoms with van der Waals surface area (Å²) < 4.78 is 1.25. The molecule has 0 saturated carbocycles. The van der Waals surface area contributed by atoms with Crippen LogP contribution in [-0.2, 0) is 6.42 Å². The fourth-order valence-corrected chi connectivity index (χ4v) is 7.36. The van der Waals surface area contributed by atoms with Gasteiger partial charge >= 0.3 is 0 Å². The first-order valence-corrected chi connectivity index (χ1v) is 10.7. The lowest BCUT2D eigenvalue weighted by Crippen LogP contribution is -2.46. The monoisotopic (exact) mass is 379 g/mol. The van der Waals surface area contributed by atoms with Crippen LogP contribution in [0.25, 0.3) is 0 Å². The number of hydrogen-bond acceptors (Lipinski definition) is 4. The molecule has 0 spiro atoms. The molecule has 0 amide bonds. The molecule has 3 unspecified atom stereocenters. The van der Waals surface area contributed by atoms with Crippen LogP contribution in [0.2, 0.25) is 0 Å². The summed E-state index contributed by atoms with van der Waals surface area (Å²) in [7, 11) is 0. The van der Waals surface area contributed by atoms with Crippen molar-refractivity contribution in [2.75, 3.05) is 18.1 Å². The fourth-order valence-electron chi connectivity index (χ4n) is 2.56. The molecule has 1 saturated heterocycles. The molecule has 0 aromatic carbocycles. The molecule has 0 radical (unpaired) electrons. The molecule has 2 rings (SSSR count). The summed E-state index contributed by atoms with van der Waals surface area (Å²) in [6, 6.07) is 5.04. The van der Waals surface area contributed by atoms with Gasteiger partial charge in [0.25, 0.3) is 0 Å². The average Bonchev–Trinajstić information content (AvgIpc) is 2.84. The molecule has 1 aliphatic heterocycles. The molecule has 1 nitrogen and oxygen atoms in total. The smallest absolute Gasteiger partial charge is 0.0701 e. The summed E-state index contributed by atoms with van der Waals surface area (Å²) in [5.41, 5.74) is 0. The van der Waals surface area contributed by atoms with Gasteiger partial charge in [-0.2, -0.15) is 23.5 Å². The lowest BCUT2D eigenvalue weighted by molar-refractivity contribution is 0.492. The van der Waals surface area contributed by atoms with E-state index < -0.39 is 0 Å². The van der Waals surface area contributed by atoms with Gasteiger partial charge in [-0.1, -0.05) is 13.8 Å². The second-order valence-electron chi connectivity index (χ2n) is 4.73. The first-order valence-electron chi connectivity index (χ1n) is 6.95. The van der Waals surface area contributed by atoms with Gasteiger partial charge in [0, 0.05) is 32.9 Å². The zero-order valence-electron chi connectivity index (χ0n) is 11.5. The van der Waals surface area contributed by atoms with E-state index in [4.69, 9.17) is 0 Å². The highest BCUT2D eigenvalue weighted by atomic mass is 79.9. The van der Waals surface area contributed by atoms with Crippen LogP contribution in [0.3, 0.4) is 0 Å². The van der Waals surface area contributed by atoms with E-state index in [0.717, 1.165) is 17.0 Å². The van der Waals surface area contributed by atoms with Crippen LogP contribution in [0.5, 0.6) is 0 Å². The van der Waals surface area contributed by atoms with Crippen molar-refractivity contribution in [3.05, 3.63) is 20.8 Å². The van der Waals surface area contributed by atoms with E-state index in [1.165, 1.54) is 33.0 Å². The zero-order chi connectivity index (χ0) is 13.7. The van der Waals surface area contributed by atoms with Crippen molar-refractivity contribution in [1.29, 1.82) is 0 Å². The summed E-state index contributed by atoms with van der Waals surface area (Å²) in [5.74, 6) is 2.63.